The van der Waals surface area contributed by atoms with E-state index in [2.05, 4.69) is 17.0 Å². The summed E-state index contributed by atoms with van der Waals surface area (Å²) < 4.78 is 34.0. The number of hydrogen-bond donors (Lipinski definition) is 2. The van der Waals surface area contributed by atoms with Gasteiger partial charge < -0.3 is 9.73 Å². The molecule has 2 unspecified atom stereocenters. The summed E-state index contributed by atoms with van der Waals surface area (Å²) in [6, 6.07) is 0.0285. The van der Waals surface area contributed by atoms with Crippen molar-refractivity contribution < 1.29 is 12.8 Å². The molecule has 2 N–H and O–H groups in total. The van der Waals surface area contributed by atoms with Crippen molar-refractivity contribution in [3.8, 4) is 0 Å². The Kier molecular flexibility index (Phi) is 5.11. The topological polar surface area (TPSA) is 71.3 Å². The van der Waals surface area contributed by atoms with Crippen LogP contribution < -0.4 is 10.0 Å². The van der Waals surface area contributed by atoms with Crippen LogP contribution in [0.15, 0.2) is 9.31 Å². The average molecular weight is 314 g/mol. The Balaban J connectivity index is 2.31. The van der Waals surface area contributed by atoms with E-state index >= 15 is 0 Å². The molecular weight excluding hydrogens is 288 g/mol. The summed E-state index contributed by atoms with van der Waals surface area (Å²) in [4.78, 5) is 0.312. The number of nitrogens with one attached hydrogen (secondary N) is 2. The molecule has 0 amide bonds. The van der Waals surface area contributed by atoms with E-state index < -0.39 is 10.0 Å². The summed E-state index contributed by atoms with van der Waals surface area (Å²) in [7, 11) is -1.74. The van der Waals surface area contributed by atoms with Crippen molar-refractivity contribution in [3.63, 3.8) is 0 Å². The van der Waals surface area contributed by atoms with Crippen LogP contribution in [0.1, 0.15) is 49.7 Å². The first-order valence-electron chi connectivity index (χ1n) is 7.62. The molecule has 6 heteroatoms. The third-order valence-electron chi connectivity index (χ3n) is 4.37. The van der Waals surface area contributed by atoms with Crippen molar-refractivity contribution >= 4 is 10.0 Å². The second kappa shape index (κ2) is 6.50. The van der Waals surface area contributed by atoms with Crippen molar-refractivity contribution in [3.05, 3.63) is 17.1 Å². The third-order valence-corrected chi connectivity index (χ3v) is 6.05. The van der Waals surface area contributed by atoms with Crippen molar-refractivity contribution in [1.29, 1.82) is 0 Å². The summed E-state index contributed by atoms with van der Waals surface area (Å²) in [6.45, 7) is 6.13. The van der Waals surface area contributed by atoms with Gasteiger partial charge in [0.25, 0.3) is 0 Å². The van der Waals surface area contributed by atoms with Gasteiger partial charge in [-0.3, -0.25) is 0 Å². The van der Waals surface area contributed by atoms with Gasteiger partial charge in [0.15, 0.2) is 0 Å². The lowest BCUT2D eigenvalue weighted by Crippen LogP contribution is -2.41. The molecule has 120 valence electrons. The van der Waals surface area contributed by atoms with Crippen LogP contribution >= 0.6 is 0 Å². The van der Waals surface area contributed by atoms with Crippen LogP contribution in [0, 0.1) is 19.8 Å². The van der Waals surface area contributed by atoms with Gasteiger partial charge in [0, 0.05) is 18.2 Å². The van der Waals surface area contributed by atoms with E-state index in [4.69, 9.17) is 4.42 Å². The molecule has 0 radical (unpaired) electrons. The first-order valence-corrected chi connectivity index (χ1v) is 9.11. The quantitative estimate of drug-likeness (QED) is 0.876. The SMILES string of the molecule is CNCc1c(C)oc(C)c1S(=O)(=O)NC1CCCCC1C. The smallest absolute Gasteiger partial charge is 0.244 e. The van der Waals surface area contributed by atoms with E-state index in [9.17, 15) is 8.42 Å². The molecule has 1 aromatic rings. The van der Waals surface area contributed by atoms with Gasteiger partial charge in [-0.05, 0) is 39.7 Å². The molecule has 2 atom stereocenters. The van der Waals surface area contributed by atoms with E-state index in [0.29, 0.717) is 28.9 Å². The Morgan fingerprint density at radius 3 is 2.48 bits per heavy atom. The third kappa shape index (κ3) is 3.49. The minimum atomic E-state index is -3.54. The Morgan fingerprint density at radius 2 is 1.86 bits per heavy atom. The number of aryl methyl sites for hydroxylation is 2. The van der Waals surface area contributed by atoms with Gasteiger partial charge in [0.2, 0.25) is 10.0 Å². The highest BCUT2D eigenvalue weighted by Crippen LogP contribution is 2.29. The van der Waals surface area contributed by atoms with Crippen LogP contribution in [0.5, 0.6) is 0 Å². The van der Waals surface area contributed by atoms with Gasteiger partial charge in [-0.1, -0.05) is 19.8 Å². The summed E-state index contributed by atoms with van der Waals surface area (Å²) in [5, 5.41) is 3.01. The zero-order valence-electron chi connectivity index (χ0n) is 13.3. The van der Waals surface area contributed by atoms with Crippen molar-refractivity contribution in [2.45, 2.75) is 63.9 Å². The van der Waals surface area contributed by atoms with Crippen LogP contribution in [0.4, 0.5) is 0 Å². The summed E-state index contributed by atoms with van der Waals surface area (Å²) >= 11 is 0. The van der Waals surface area contributed by atoms with E-state index in [1.165, 1.54) is 6.42 Å². The summed E-state index contributed by atoms with van der Waals surface area (Å²) in [6.07, 6.45) is 4.27. The second-order valence-corrected chi connectivity index (χ2v) is 7.69. The minimum Gasteiger partial charge on any atom is -0.465 e. The van der Waals surface area contributed by atoms with Crippen molar-refractivity contribution in [2.75, 3.05) is 7.05 Å². The van der Waals surface area contributed by atoms with Gasteiger partial charge in [-0.2, -0.15) is 0 Å². The fourth-order valence-electron chi connectivity index (χ4n) is 3.19. The van der Waals surface area contributed by atoms with Crippen molar-refractivity contribution in [2.24, 2.45) is 5.92 Å². The normalized spacial score (nSPS) is 23.4. The maximum Gasteiger partial charge on any atom is 0.244 e. The van der Waals surface area contributed by atoms with Crippen LogP contribution in [0.3, 0.4) is 0 Å². The predicted octanol–water partition coefficient (Wildman–Crippen LogP) is 2.47. The van der Waals surface area contributed by atoms with Crippen LogP contribution in [0.25, 0.3) is 0 Å². The van der Waals surface area contributed by atoms with Gasteiger partial charge in [0.05, 0.1) is 0 Å². The fourth-order valence-corrected chi connectivity index (χ4v) is 5.02. The molecule has 2 rings (SSSR count). The highest BCUT2D eigenvalue weighted by molar-refractivity contribution is 7.89. The highest BCUT2D eigenvalue weighted by Gasteiger charge is 2.31. The van der Waals surface area contributed by atoms with E-state index in [-0.39, 0.29) is 6.04 Å². The Labute approximate surface area is 127 Å². The molecule has 0 bridgehead atoms. The molecule has 1 heterocycles. The highest BCUT2D eigenvalue weighted by atomic mass is 32.2. The minimum absolute atomic E-state index is 0.0285. The molecule has 1 saturated carbocycles. The molecular formula is C15H26N2O3S. The van der Waals surface area contributed by atoms with Gasteiger partial charge in [-0.25, -0.2) is 13.1 Å². The van der Waals surface area contributed by atoms with Gasteiger partial charge >= 0.3 is 0 Å². The Bertz CT molecular complexity index is 592. The molecule has 1 fully saturated rings. The summed E-state index contributed by atoms with van der Waals surface area (Å²) in [5.74, 6) is 1.52. The number of furan rings is 1. The number of rotatable bonds is 5. The predicted molar refractivity (Wildman–Crippen MR) is 82.7 cm³/mol. The van der Waals surface area contributed by atoms with E-state index in [0.717, 1.165) is 24.8 Å². The first-order chi connectivity index (χ1) is 9.86. The standard InChI is InChI=1S/C15H26N2O3S/c1-10-7-5-6-8-14(10)17-21(18,19)15-12(3)20-11(2)13(15)9-16-4/h10,14,16-17H,5-9H2,1-4H3. The zero-order chi connectivity index (χ0) is 15.6. The van der Waals surface area contributed by atoms with Crippen LogP contribution in [-0.2, 0) is 16.6 Å². The molecule has 1 aromatic heterocycles. The maximum atomic E-state index is 12.8. The number of hydrogen-bond acceptors (Lipinski definition) is 4. The lowest BCUT2D eigenvalue weighted by Gasteiger charge is -2.29. The molecule has 1 aliphatic carbocycles. The molecule has 0 aromatic carbocycles. The Morgan fingerprint density at radius 1 is 1.19 bits per heavy atom. The van der Waals surface area contributed by atoms with Gasteiger partial charge in [-0.15, -0.1) is 0 Å². The van der Waals surface area contributed by atoms with Crippen LogP contribution in [-0.4, -0.2) is 21.5 Å². The Hall–Kier alpha value is -0.850. The monoisotopic (exact) mass is 314 g/mol. The maximum absolute atomic E-state index is 12.8. The van der Waals surface area contributed by atoms with Crippen LogP contribution in [0.2, 0.25) is 0 Å². The zero-order valence-corrected chi connectivity index (χ0v) is 14.1. The molecule has 0 saturated heterocycles. The lowest BCUT2D eigenvalue weighted by atomic mass is 9.87. The molecule has 0 spiro atoms. The summed E-state index contributed by atoms with van der Waals surface area (Å²) in [5.41, 5.74) is 0.728. The lowest BCUT2D eigenvalue weighted by molar-refractivity contribution is 0.310. The molecule has 1 aliphatic rings. The van der Waals surface area contributed by atoms with E-state index in [1.54, 1.807) is 14.0 Å². The fraction of sp³-hybridized carbons (Fsp3) is 0.733. The first kappa shape index (κ1) is 16.5. The molecule has 5 nitrogen and oxygen atoms in total. The molecule has 0 aliphatic heterocycles. The van der Waals surface area contributed by atoms with Crippen molar-refractivity contribution in [1.82, 2.24) is 10.0 Å². The molecule has 21 heavy (non-hydrogen) atoms. The number of sulfonamides is 1. The van der Waals surface area contributed by atoms with E-state index in [1.807, 2.05) is 6.92 Å². The van der Waals surface area contributed by atoms with Gasteiger partial charge in [0.1, 0.15) is 16.4 Å². The second-order valence-electron chi connectivity index (χ2n) is 6.04. The largest absolute Gasteiger partial charge is 0.465 e. The average Bonchev–Trinajstić information content (AvgIpc) is 2.68.